The van der Waals surface area contributed by atoms with Crippen molar-refractivity contribution in [2.75, 3.05) is 19.6 Å². The van der Waals surface area contributed by atoms with Crippen molar-refractivity contribution in [2.45, 2.75) is 78.3 Å². The first-order chi connectivity index (χ1) is 15.5. The molecule has 3 rings (SSSR count). The third-order valence-corrected chi connectivity index (χ3v) is 6.41. The molecule has 0 bridgehead atoms. The zero-order valence-electron chi connectivity index (χ0n) is 19.8. The lowest BCUT2D eigenvalue weighted by Crippen LogP contribution is -2.43. The first-order valence-corrected chi connectivity index (χ1v) is 12.1. The zero-order chi connectivity index (χ0) is 23.1. The van der Waals surface area contributed by atoms with Crippen LogP contribution in [0.3, 0.4) is 0 Å². The Morgan fingerprint density at radius 3 is 2.69 bits per heavy atom. The number of imidazole rings is 1. The molecule has 1 aliphatic rings. The van der Waals surface area contributed by atoms with E-state index in [4.69, 9.17) is 4.98 Å². The second-order valence-corrected chi connectivity index (χ2v) is 8.95. The molecule has 0 aliphatic carbocycles. The van der Waals surface area contributed by atoms with Crippen molar-refractivity contribution < 1.29 is 4.79 Å². The summed E-state index contributed by atoms with van der Waals surface area (Å²) in [5.41, 5.74) is 0.0596. The maximum Gasteiger partial charge on any atom is 0.330 e. The van der Waals surface area contributed by atoms with E-state index in [-0.39, 0.29) is 11.8 Å². The molecule has 2 aromatic rings. The molecule has 1 saturated heterocycles. The summed E-state index contributed by atoms with van der Waals surface area (Å²) in [6, 6.07) is 0. The lowest BCUT2D eigenvalue weighted by Gasteiger charge is -2.31. The third kappa shape index (κ3) is 5.68. The van der Waals surface area contributed by atoms with Crippen molar-refractivity contribution in [3.8, 4) is 0 Å². The van der Waals surface area contributed by atoms with E-state index in [0.717, 1.165) is 57.4 Å². The summed E-state index contributed by atoms with van der Waals surface area (Å²) in [6.07, 6.45) is 8.23. The van der Waals surface area contributed by atoms with Crippen LogP contribution in [0.2, 0.25) is 0 Å². The van der Waals surface area contributed by atoms with Crippen molar-refractivity contribution in [3.63, 3.8) is 0 Å². The molecule has 0 aromatic carbocycles. The van der Waals surface area contributed by atoms with Gasteiger partial charge in [-0.3, -0.25) is 24.0 Å². The minimum absolute atomic E-state index is 0.0178. The number of amides is 1. The minimum atomic E-state index is -0.408. The van der Waals surface area contributed by atoms with Gasteiger partial charge in [-0.05, 0) is 32.2 Å². The number of carbonyl (C=O) groups excluding carboxylic acids is 1. The highest BCUT2D eigenvalue weighted by atomic mass is 16.2. The number of unbranched alkanes of at least 4 members (excludes halogenated alkanes) is 4. The Balaban J connectivity index is 1.70. The predicted octanol–water partition coefficient (Wildman–Crippen LogP) is 2.13. The number of H-pyrrole nitrogens is 1. The van der Waals surface area contributed by atoms with Gasteiger partial charge in [0.1, 0.15) is 5.82 Å². The summed E-state index contributed by atoms with van der Waals surface area (Å²) in [5, 5.41) is 3.10. The first-order valence-electron chi connectivity index (χ1n) is 12.1. The van der Waals surface area contributed by atoms with E-state index in [0.29, 0.717) is 30.8 Å². The Morgan fingerprint density at radius 2 is 1.94 bits per heavy atom. The van der Waals surface area contributed by atoms with Crippen LogP contribution in [-0.2, 0) is 24.9 Å². The van der Waals surface area contributed by atoms with Crippen LogP contribution in [0, 0.1) is 5.92 Å². The molecule has 1 unspecified atom stereocenters. The van der Waals surface area contributed by atoms with Crippen LogP contribution in [0.4, 0.5) is 0 Å². The Hall–Kier alpha value is -2.42. The number of nitrogens with zero attached hydrogens (tertiary/aromatic N) is 4. The molecule has 2 aromatic heterocycles. The minimum Gasteiger partial charge on any atom is -0.356 e. The summed E-state index contributed by atoms with van der Waals surface area (Å²) in [7, 11) is 1.82. The number of piperidine rings is 1. The Labute approximate surface area is 189 Å². The fourth-order valence-corrected chi connectivity index (χ4v) is 4.48. The highest BCUT2D eigenvalue weighted by Gasteiger charge is 2.27. The molecular formula is C23H38N6O3. The molecule has 178 valence electrons. The molecule has 1 amide bonds. The predicted molar refractivity (Wildman–Crippen MR) is 126 cm³/mol. The van der Waals surface area contributed by atoms with Gasteiger partial charge in [-0.15, -0.1) is 0 Å². The number of aromatic amines is 1. The van der Waals surface area contributed by atoms with E-state index in [9.17, 15) is 14.4 Å². The number of likely N-dealkylation sites (tertiary alicyclic amines) is 1. The quantitative estimate of drug-likeness (QED) is 0.515. The van der Waals surface area contributed by atoms with E-state index in [1.54, 1.807) is 9.13 Å². The fourth-order valence-electron chi connectivity index (χ4n) is 4.48. The van der Waals surface area contributed by atoms with E-state index >= 15 is 0 Å². The van der Waals surface area contributed by atoms with Crippen molar-refractivity contribution >= 4 is 17.1 Å². The standard InChI is InChI=1S/C23H38N6O3/c1-4-6-8-9-12-24-21(30)17-11-10-13-28(15-17)16-18-25-20-19(27(18)3)22(31)26-23(32)29(20)14-7-5-2/h17H,4-16H2,1-3H3,(H,24,30)(H,26,31,32). The molecule has 9 nitrogen and oxygen atoms in total. The van der Waals surface area contributed by atoms with Crippen molar-refractivity contribution in [1.82, 2.24) is 29.3 Å². The number of hydrogen-bond donors (Lipinski definition) is 2. The maximum absolute atomic E-state index is 12.6. The van der Waals surface area contributed by atoms with E-state index in [1.165, 1.54) is 12.8 Å². The molecule has 1 aliphatic heterocycles. The SMILES string of the molecule is CCCCCCNC(=O)C1CCCN(Cc2nc3c(c(=O)[nH]c(=O)n3CCCC)n2C)C1. The number of rotatable bonds is 11. The molecule has 0 saturated carbocycles. The summed E-state index contributed by atoms with van der Waals surface area (Å²) in [4.78, 5) is 46.8. The normalized spacial score (nSPS) is 17.2. The summed E-state index contributed by atoms with van der Waals surface area (Å²) in [5.74, 6) is 0.860. The van der Waals surface area contributed by atoms with Crippen LogP contribution < -0.4 is 16.6 Å². The highest BCUT2D eigenvalue weighted by Crippen LogP contribution is 2.20. The molecule has 3 heterocycles. The summed E-state index contributed by atoms with van der Waals surface area (Å²) >= 11 is 0. The Bertz CT molecular complexity index is 1020. The Morgan fingerprint density at radius 1 is 1.16 bits per heavy atom. The largest absolute Gasteiger partial charge is 0.356 e. The van der Waals surface area contributed by atoms with Gasteiger partial charge >= 0.3 is 5.69 Å². The summed E-state index contributed by atoms with van der Waals surface area (Å²) < 4.78 is 3.35. The van der Waals surface area contributed by atoms with Gasteiger partial charge in [0.2, 0.25) is 5.91 Å². The van der Waals surface area contributed by atoms with Crippen molar-refractivity contribution in [1.29, 1.82) is 0 Å². The number of nitrogens with one attached hydrogen (secondary N) is 2. The average Bonchev–Trinajstić information content (AvgIpc) is 3.09. The van der Waals surface area contributed by atoms with Gasteiger partial charge in [-0.25, -0.2) is 9.78 Å². The van der Waals surface area contributed by atoms with Crippen molar-refractivity contribution in [3.05, 3.63) is 26.7 Å². The van der Waals surface area contributed by atoms with Gasteiger partial charge in [0.05, 0.1) is 12.5 Å². The first kappa shape index (κ1) is 24.2. The van der Waals surface area contributed by atoms with Gasteiger partial charge < -0.3 is 9.88 Å². The fraction of sp³-hybridized carbons (Fsp3) is 0.739. The van der Waals surface area contributed by atoms with Crippen LogP contribution >= 0.6 is 0 Å². The van der Waals surface area contributed by atoms with Gasteiger partial charge in [0, 0.05) is 26.7 Å². The smallest absolute Gasteiger partial charge is 0.330 e. The topological polar surface area (TPSA) is 105 Å². The molecule has 32 heavy (non-hydrogen) atoms. The zero-order valence-corrected chi connectivity index (χ0v) is 19.8. The summed E-state index contributed by atoms with van der Waals surface area (Å²) in [6.45, 7) is 7.64. The molecule has 1 atom stereocenters. The van der Waals surface area contributed by atoms with E-state index in [1.807, 2.05) is 7.05 Å². The molecule has 2 N–H and O–H groups in total. The second kappa shape index (κ2) is 11.4. The van der Waals surface area contributed by atoms with Gasteiger partial charge in [-0.1, -0.05) is 39.5 Å². The molecule has 0 spiro atoms. The van der Waals surface area contributed by atoms with Crippen LogP contribution in [0.15, 0.2) is 9.59 Å². The molecule has 9 heteroatoms. The average molecular weight is 447 g/mol. The van der Waals surface area contributed by atoms with Crippen LogP contribution in [0.1, 0.15) is 71.0 Å². The van der Waals surface area contributed by atoms with Crippen LogP contribution in [0.25, 0.3) is 11.2 Å². The second-order valence-electron chi connectivity index (χ2n) is 8.95. The maximum atomic E-state index is 12.6. The van der Waals surface area contributed by atoms with E-state index < -0.39 is 11.2 Å². The number of fused-ring (bicyclic) bond motifs is 1. The van der Waals surface area contributed by atoms with Crippen LogP contribution in [0.5, 0.6) is 0 Å². The van der Waals surface area contributed by atoms with Gasteiger partial charge in [0.15, 0.2) is 11.2 Å². The Kier molecular flexibility index (Phi) is 8.67. The number of hydrogen-bond acceptors (Lipinski definition) is 5. The van der Waals surface area contributed by atoms with E-state index in [2.05, 4.69) is 29.0 Å². The monoisotopic (exact) mass is 446 g/mol. The third-order valence-electron chi connectivity index (χ3n) is 6.41. The molecule has 0 radical (unpaired) electrons. The number of aryl methyl sites for hydroxylation is 2. The molecular weight excluding hydrogens is 408 g/mol. The van der Waals surface area contributed by atoms with Gasteiger partial charge in [0.25, 0.3) is 5.56 Å². The van der Waals surface area contributed by atoms with Gasteiger partial charge in [-0.2, -0.15) is 0 Å². The lowest BCUT2D eigenvalue weighted by atomic mass is 9.97. The van der Waals surface area contributed by atoms with Crippen LogP contribution in [-0.4, -0.2) is 49.5 Å². The highest BCUT2D eigenvalue weighted by molar-refractivity contribution is 5.79. The lowest BCUT2D eigenvalue weighted by molar-refractivity contribution is -0.126. The van der Waals surface area contributed by atoms with Crippen molar-refractivity contribution in [2.24, 2.45) is 13.0 Å². The molecule has 1 fully saturated rings. The number of carbonyl (C=O) groups is 1. The number of aromatic nitrogens is 4.